The normalized spacial score (nSPS) is 17.2. The van der Waals surface area contributed by atoms with E-state index in [0.29, 0.717) is 45.2 Å². The fourth-order valence-corrected chi connectivity index (χ4v) is 4.29. The summed E-state index contributed by atoms with van der Waals surface area (Å²) >= 11 is 0. The van der Waals surface area contributed by atoms with Gasteiger partial charge in [-0.3, -0.25) is 0 Å². The van der Waals surface area contributed by atoms with E-state index in [-0.39, 0.29) is 12.1 Å². The molecule has 0 unspecified atom stereocenters. The highest BCUT2D eigenvalue weighted by Crippen LogP contribution is 2.43. The van der Waals surface area contributed by atoms with E-state index >= 15 is 0 Å². The molecule has 0 aromatic heterocycles. The highest BCUT2D eigenvalue weighted by Gasteiger charge is 2.34. The molecule has 9 heteroatoms. The van der Waals surface area contributed by atoms with Crippen LogP contribution in [-0.2, 0) is 10.0 Å². The molecule has 1 aromatic carbocycles. The predicted molar refractivity (Wildman–Crippen MR) is 106 cm³/mol. The number of ether oxygens (including phenoxy) is 2. The summed E-state index contributed by atoms with van der Waals surface area (Å²) in [5, 5.41) is 5.89. The third kappa shape index (κ3) is 5.51. The van der Waals surface area contributed by atoms with Crippen molar-refractivity contribution in [2.45, 2.75) is 32.2 Å². The Bertz CT molecular complexity index is 795. The van der Waals surface area contributed by atoms with Crippen LogP contribution in [-0.4, -0.2) is 57.9 Å². The molecule has 0 radical (unpaired) electrons. The SMILES string of the molecule is CCN(CCCNC(=O)N[C@H](c1ccc2c(c1)OCCO2)C1CC1)S(C)(=O)=O. The van der Waals surface area contributed by atoms with Crippen LogP contribution in [0.3, 0.4) is 0 Å². The van der Waals surface area contributed by atoms with E-state index in [9.17, 15) is 13.2 Å². The molecule has 1 fully saturated rings. The summed E-state index contributed by atoms with van der Waals surface area (Å²) in [6, 6.07) is 5.50. The number of hydrogen-bond donors (Lipinski definition) is 2. The summed E-state index contributed by atoms with van der Waals surface area (Å²) in [7, 11) is -3.20. The van der Waals surface area contributed by atoms with E-state index < -0.39 is 10.0 Å². The number of benzene rings is 1. The minimum atomic E-state index is -3.20. The molecule has 1 aromatic rings. The molecule has 1 saturated carbocycles. The summed E-state index contributed by atoms with van der Waals surface area (Å²) in [4.78, 5) is 12.3. The lowest BCUT2D eigenvalue weighted by atomic mass is 10.0. The zero-order valence-corrected chi connectivity index (χ0v) is 17.3. The zero-order valence-electron chi connectivity index (χ0n) is 16.4. The number of carbonyl (C=O) groups excluding carboxylic acids is 1. The number of urea groups is 1. The van der Waals surface area contributed by atoms with Crippen LogP contribution < -0.4 is 20.1 Å². The third-order valence-corrected chi connectivity index (χ3v) is 6.38. The minimum absolute atomic E-state index is 0.0704. The van der Waals surface area contributed by atoms with Gasteiger partial charge in [0.05, 0.1) is 12.3 Å². The number of amides is 2. The van der Waals surface area contributed by atoms with Gasteiger partial charge in [0, 0.05) is 19.6 Å². The first-order chi connectivity index (χ1) is 13.4. The first-order valence-electron chi connectivity index (χ1n) is 9.77. The van der Waals surface area contributed by atoms with Gasteiger partial charge in [0.2, 0.25) is 10.0 Å². The Balaban J connectivity index is 1.51. The Hall–Kier alpha value is -2.00. The summed E-state index contributed by atoms with van der Waals surface area (Å²) in [6.45, 7) is 4.11. The molecular weight excluding hydrogens is 382 g/mol. The molecule has 0 bridgehead atoms. The van der Waals surface area contributed by atoms with Gasteiger partial charge >= 0.3 is 6.03 Å². The average molecular weight is 412 g/mol. The van der Waals surface area contributed by atoms with Gasteiger partial charge in [-0.15, -0.1) is 0 Å². The van der Waals surface area contributed by atoms with Crippen LogP contribution in [0.25, 0.3) is 0 Å². The zero-order chi connectivity index (χ0) is 20.1. The average Bonchev–Trinajstić information content (AvgIpc) is 3.49. The maximum absolute atomic E-state index is 12.3. The molecule has 28 heavy (non-hydrogen) atoms. The van der Waals surface area contributed by atoms with Gasteiger partial charge in [0.25, 0.3) is 0 Å². The molecule has 2 amide bonds. The van der Waals surface area contributed by atoms with Crippen molar-refractivity contribution < 1.29 is 22.7 Å². The Kier molecular flexibility index (Phi) is 6.66. The third-order valence-electron chi connectivity index (χ3n) is 5.00. The van der Waals surface area contributed by atoms with Crippen molar-refractivity contribution >= 4 is 16.1 Å². The lowest BCUT2D eigenvalue weighted by Gasteiger charge is -2.23. The standard InChI is InChI=1S/C19H29N3O5S/c1-3-22(28(2,24)25)10-4-9-20-19(23)21-18(14-5-6-14)15-7-8-16-17(13-15)27-12-11-26-16/h7-8,13-14,18H,3-6,9-12H2,1-2H3,(H2,20,21,23)/t18-/m0/s1. The van der Waals surface area contributed by atoms with Gasteiger partial charge in [-0.05, 0) is 42.9 Å². The number of hydrogen-bond acceptors (Lipinski definition) is 5. The molecule has 156 valence electrons. The highest BCUT2D eigenvalue weighted by atomic mass is 32.2. The number of rotatable bonds is 9. The second-order valence-corrected chi connectivity index (χ2v) is 9.21. The molecule has 2 aliphatic rings. The van der Waals surface area contributed by atoms with Crippen LogP contribution in [0.15, 0.2) is 18.2 Å². The first-order valence-corrected chi connectivity index (χ1v) is 11.6. The van der Waals surface area contributed by atoms with Gasteiger partial charge in [0.15, 0.2) is 11.5 Å². The Morgan fingerprint density at radius 2 is 1.96 bits per heavy atom. The molecule has 3 rings (SSSR count). The Morgan fingerprint density at radius 3 is 2.61 bits per heavy atom. The predicted octanol–water partition coefficient (Wildman–Crippen LogP) is 1.88. The van der Waals surface area contributed by atoms with Crippen LogP contribution in [0.5, 0.6) is 11.5 Å². The molecule has 1 heterocycles. The maximum atomic E-state index is 12.3. The molecule has 1 aliphatic heterocycles. The van der Waals surface area contributed by atoms with Gasteiger partial charge in [-0.2, -0.15) is 0 Å². The monoisotopic (exact) mass is 411 g/mol. The van der Waals surface area contributed by atoms with Crippen molar-refractivity contribution in [3.63, 3.8) is 0 Å². The Labute approximate surface area is 166 Å². The highest BCUT2D eigenvalue weighted by molar-refractivity contribution is 7.88. The van der Waals surface area contributed by atoms with Crippen LogP contribution in [0.4, 0.5) is 4.79 Å². The fraction of sp³-hybridized carbons (Fsp3) is 0.632. The number of carbonyl (C=O) groups is 1. The van der Waals surface area contributed by atoms with Gasteiger partial charge in [-0.1, -0.05) is 13.0 Å². The molecular formula is C19H29N3O5S. The van der Waals surface area contributed by atoms with Crippen LogP contribution in [0.2, 0.25) is 0 Å². The van der Waals surface area contributed by atoms with E-state index in [1.54, 1.807) is 6.92 Å². The second kappa shape index (κ2) is 9.00. The lowest BCUT2D eigenvalue weighted by Crippen LogP contribution is -2.40. The van der Waals surface area contributed by atoms with Crippen molar-refractivity contribution in [3.05, 3.63) is 23.8 Å². The van der Waals surface area contributed by atoms with E-state index in [0.717, 1.165) is 29.9 Å². The Morgan fingerprint density at radius 1 is 1.25 bits per heavy atom. The summed E-state index contributed by atoms with van der Waals surface area (Å²) < 4.78 is 35.8. The van der Waals surface area contributed by atoms with Gasteiger partial charge in [-0.25, -0.2) is 17.5 Å². The summed E-state index contributed by atoms with van der Waals surface area (Å²) in [5.74, 6) is 1.88. The smallest absolute Gasteiger partial charge is 0.315 e. The van der Waals surface area contributed by atoms with Crippen molar-refractivity contribution in [3.8, 4) is 11.5 Å². The second-order valence-electron chi connectivity index (χ2n) is 7.23. The quantitative estimate of drug-likeness (QED) is 0.605. The maximum Gasteiger partial charge on any atom is 0.315 e. The first kappa shape index (κ1) is 20.7. The van der Waals surface area contributed by atoms with Gasteiger partial charge < -0.3 is 20.1 Å². The summed E-state index contributed by atoms with van der Waals surface area (Å²) in [5.41, 5.74) is 1.01. The number of fused-ring (bicyclic) bond motifs is 1. The van der Waals surface area contributed by atoms with Gasteiger partial charge in [0.1, 0.15) is 13.2 Å². The molecule has 1 aliphatic carbocycles. The van der Waals surface area contributed by atoms with E-state index in [2.05, 4.69) is 10.6 Å². The minimum Gasteiger partial charge on any atom is -0.486 e. The van der Waals surface area contributed by atoms with Crippen molar-refractivity contribution in [2.75, 3.05) is 39.1 Å². The van der Waals surface area contributed by atoms with Crippen molar-refractivity contribution in [1.82, 2.24) is 14.9 Å². The molecule has 0 spiro atoms. The summed E-state index contributed by atoms with van der Waals surface area (Å²) in [6.07, 6.45) is 3.93. The van der Waals surface area contributed by atoms with Crippen molar-refractivity contribution in [2.24, 2.45) is 5.92 Å². The van der Waals surface area contributed by atoms with E-state index in [4.69, 9.17) is 9.47 Å². The van der Waals surface area contributed by atoms with E-state index in [1.165, 1.54) is 10.6 Å². The van der Waals surface area contributed by atoms with Crippen molar-refractivity contribution in [1.29, 1.82) is 0 Å². The molecule has 8 nitrogen and oxygen atoms in total. The molecule has 0 saturated heterocycles. The number of nitrogens with one attached hydrogen (secondary N) is 2. The fourth-order valence-electron chi connectivity index (χ4n) is 3.36. The lowest BCUT2D eigenvalue weighted by molar-refractivity contribution is 0.171. The number of sulfonamides is 1. The largest absolute Gasteiger partial charge is 0.486 e. The molecule has 2 N–H and O–H groups in total. The number of nitrogens with zero attached hydrogens (tertiary/aromatic N) is 1. The van der Waals surface area contributed by atoms with Crippen LogP contribution in [0.1, 0.15) is 37.8 Å². The topological polar surface area (TPSA) is 97.0 Å². The molecule has 1 atom stereocenters. The van der Waals surface area contributed by atoms with Crippen LogP contribution in [0, 0.1) is 5.92 Å². The van der Waals surface area contributed by atoms with E-state index in [1.807, 2.05) is 18.2 Å². The van der Waals surface area contributed by atoms with Crippen LogP contribution >= 0.6 is 0 Å².